The molecular weight excluding hydrogens is 396 g/mol. The molecule has 0 nitrogen and oxygen atoms in total. The molecule has 0 aromatic rings. The van der Waals surface area contributed by atoms with Crippen molar-refractivity contribution in [3.05, 3.63) is 0 Å². The first-order chi connectivity index (χ1) is 14.7. The van der Waals surface area contributed by atoms with Crippen LogP contribution in [0.2, 0.25) is 0 Å². The Bertz CT molecular complexity index is 643. The lowest BCUT2D eigenvalue weighted by molar-refractivity contribution is -0.221. The second-order valence-corrected chi connectivity index (χ2v) is 15.6. The molecular formula is C33H66. The van der Waals surface area contributed by atoms with Crippen LogP contribution in [-0.4, -0.2) is 0 Å². The minimum Gasteiger partial charge on any atom is -0.0654 e. The van der Waals surface area contributed by atoms with Gasteiger partial charge in [0.15, 0.2) is 0 Å². The first-order valence-electron chi connectivity index (χ1n) is 14.7. The van der Waals surface area contributed by atoms with Crippen LogP contribution >= 0.6 is 0 Å². The van der Waals surface area contributed by atoms with Gasteiger partial charge < -0.3 is 0 Å². The molecule has 0 radical (unpaired) electrons. The Labute approximate surface area is 211 Å². The van der Waals surface area contributed by atoms with Gasteiger partial charge in [-0.05, 0) is 74.9 Å². The van der Waals surface area contributed by atoms with Gasteiger partial charge in [-0.15, -0.1) is 0 Å². The zero-order valence-corrected chi connectivity index (χ0v) is 26.5. The van der Waals surface area contributed by atoms with Gasteiger partial charge in [0.2, 0.25) is 0 Å². The molecule has 0 spiro atoms. The van der Waals surface area contributed by atoms with Crippen LogP contribution in [-0.2, 0) is 0 Å². The molecule has 0 bridgehead atoms. The Balaban J connectivity index is 4.15. The minimum absolute atomic E-state index is 0.180. The first-order valence-corrected chi connectivity index (χ1v) is 14.7. The minimum atomic E-state index is 0.180. The second kappa shape index (κ2) is 9.47. The van der Waals surface area contributed by atoms with Gasteiger partial charge >= 0.3 is 0 Å². The van der Waals surface area contributed by atoms with Gasteiger partial charge in [0.1, 0.15) is 0 Å². The van der Waals surface area contributed by atoms with Crippen molar-refractivity contribution in [2.24, 2.45) is 55.7 Å². The van der Waals surface area contributed by atoms with E-state index in [1.54, 1.807) is 0 Å². The van der Waals surface area contributed by atoms with E-state index in [9.17, 15) is 0 Å². The summed E-state index contributed by atoms with van der Waals surface area (Å²) < 4.78 is 0. The maximum atomic E-state index is 2.76. The first kappa shape index (κ1) is 31.0. The van der Waals surface area contributed by atoms with Gasteiger partial charge in [-0.25, -0.2) is 0 Å². The number of hydrogen-bond acceptors (Lipinski definition) is 0. The lowest BCUT2D eigenvalue weighted by atomic mass is 9.34. The molecule has 33 heavy (non-hydrogen) atoms. The zero-order chi connectivity index (χ0) is 26.5. The molecule has 1 aliphatic carbocycles. The zero-order valence-electron chi connectivity index (χ0n) is 26.5. The highest BCUT2D eigenvalue weighted by atomic mass is 14.8. The van der Waals surface area contributed by atoms with Crippen molar-refractivity contribution < 1.29 is 0 Å². The summed E-state index contributed by atoms with van der Waals surface area (Å²) in [4.78, 5) is 0. The van der Waals surface area contributed by atoms with Crippen LogP contribution in [0.25, 0.3) is 0 Å². The quantitative estimate of drug-likeness (QED) is 0.303. The molecule has 0 heterocycles. The molecule has 1 fully saturated rings. The summed E-state index contributed by atoms with van der Waals surface area (Å²) in [6, 6.07) is 0. The standard InChI is InChI=1S/C33H66/c1-18-22-33(21-4)23-28(10,11)29(12,13)32(33,17)30(14,15)31(16,25(6)24(5)19-2)26(20-3)27(7,8)9/h24-26H,18-23H2,1-17H3. The molecule has 1 rings (SSSR count). The summed E-state index contributed by atoms with van der Waals surface area (Å²) in [6.45, 7) is 43.9. The third-order valence-corrected chi connectivity index (χ3v) is 13.4. The third kappa shape index (κ3) is 4.08. The predicted octanol–water partition coefficient (Wildman–Crippen LogP) is 11.4. The van der Waals surface area contributed by atoms with E-state index in [-0.39, 0.29) is 27.1 Å². The molecule has 0 aliphatic heterocycles. The van der Waals surface area contributed by atoms with Crippen molar-refractivity contribution in [3.8, 4) is 0 Å². The summed E-state index contributed by atoms with van der Waals surface area (Å²) in [5, 5.41) is 0. The van der Waals surface area contributed by atoms with Gasteiger partial charge in [-0.1, -0.05) is 137 Å². The molecule has 6 unspecified atom stereocenters. The monoisotopic (exact) mass is 463 g/mol. The molecule has 6 atom stereocenters. The largest absolute Gasteiger partial charge is 0.0654 e. The molecule has 1 aliphatic rings. The van der Waals surface area contributed by atoms with Crippen LogP contribution in [0.1, 0.15) is 156 Å². The highest BCUT2D eigenvalue weighted by molar-refractivity contribution is 5.23. The maximum absolute atomic E-state index is 2.76. The van der Waals surface area contributed by atoms with E-state index < -0.39 is 0 Å². The van der Waals surface area contributed by atoms with Crippen molar-refractivity contribution in [1.29, 1.82) is 0 Å². The van der Waals surface area contributed by atoms with Gasteiger partial charge in [0, 0.05) is 0 Å². The summed E-state index contributed by atoms with van der Waals surface area (Å²) >= 11 is 0. The summed E-state index contributed by atoms with van der Waals surface area (Å²) in [5.74, 6) is 2.08. The van der Waals surface area contributed by atoms with Gasteiger partial charge in [-0.2, -0.15) is 0 Å². The maximum Gasteiger partial charge on any atom is -0.0156 e. The Hall–Kier alpha value is 0. The fourth-order valence-corrected chi connectivity index (χ4v) is 10.2. The second-order valence-electron chi connectivity index (χ2n) is 15.6. The third-order valence-electron chi connectivity index (χ3n) is 13.4. The smallest absolute Gasteiger partial charge is 0.0156 e. The highest BCUT2D eigenvalue weighted by Crippen LogP contribution is 2.81. The lowest BCUT2D eigenvalue weighted by Crippen LogP contribution is -2.64. The topological polar surface area (TPSA) is 0 Å². The van der Waals surface area contributed by atoms with E-state index >= 15 is 0 Å². The van der Waals surface area contributed by atoms with Crippen LogP contribution < -0.4 is 0 Å². The molecule has 0 saturated heterocycles. The van der Waals surface area contributed by atoms with E-state index in [1.807, 2.05) is 0 Å². The van der Waals surface area contributed by atoms with Crippen LogP contribution in [0.4, 0.5) is 0 Å². The Morgan fingerprint density at radius 3 is 1.58 bits per heavy atom. The Kier molecular flexibility index (Phi) is 8.90. The molecule has 198 valence electrons. The fraction of sp³-hybridized carbons (Fsp3) is 1.00. The molecule has 0 amide bonds. The van der Waals surface area contributed by atoms with Crippen molar-refractivity contribution >= 4 is 0 Å². The Morgan fingerprint density at radius 1 is 0.758 bits per heavy atom. The van der Waals surface area contributed by atoms with Crippen molar-refractivity contribution in [2.45, 2.75) is 156 Å². The van der Waals surface area contributed by atoms with Crippen LogP contribution in [0.3, 0.4) is 0 Å². The summed E-state index contributed by atoms with van der Waals surface area (Å²) in [6.07, 6.45) is 7.84. The molecule has 1 saturated carbocycles. The lowest BCUT2D eigenvalue weighted by Gasteiger charge is -2.70. The Morgan fingerprint density at radius 2 is 1.24 bits per heavy atom. The number of hydrogen-bond donors (Lipinski definition) is 0. The SMILES string of the molecule is CCCC1(CC)CC(C)(C)C(C)(C)C1(C)C(C)(C)C(C)(C(C)C(C)CC)C(CC)C(C)(C)C. The van der Waals surface area contributed by atoms with Crippen molar-refractivity contribution in [1.82, 2.24) is 0 Å². The van der Waals surface area contributed by atoms with Crippen LogP contribution in [0.5, 0.6) is 0 Å². The summed E-state index contributed by atoms with van der Waals surface area (Å²) in [7, 11) is 0. The normalized spacial score (nSPS) is 32.3. The molecule has 0 aromatic heterocycles. The molecule has 0 aromatic carbocycles. The average molecular weight is 463 g/mol. The van der Waals surface area contributed by atoms with Crippen LogP contribution in [0.15, 0.2) is 0 Å². The molecule has 0 N–H and O–H groups in total. The van der Waals surface area contributed by atoms with E-state index in [0.29, 0.717) is 22.7 Å². The van der Waals surface area contributed by atoms with E-state index in [1.165, 1.54) is 38.5 Å². The highest BCUT2D eigenvalue weighted by Gasteiger charge is 2.75. The molecule has 0 heteroatoms. The van der Waals surface area contributed by atoms with Gasteiger partial charge in [-0.3, -0.25) is 0 Å². The van der Waals surface area contributed by atoms with Crippen LogP contribution in [0, 0.1) is 55.7 Å². The van der Waals surface area contributed by atoms with Gasteiger partial charge in [0.25, 0.3) is 0 Å². The van der Waals surface area contributed by atoms with Crippen molar-refractivity contribution in [3.63, 3.8) is 0 Å². The number of rotatable bonds is 10. The van der Waals surface area contributed by atoms with E-state index in [2.05, 4.69) is 118 Å². The summed E-state index contributed by atoms with van der Waals surface area (Å²) in [5.41, 5.74) is 1.89. The van der Waals surface area contributed by atoms with Crippen molar-refractivity contribution in [2.75, 3.05) is 0 Å². The van der Waals surface area contributed by atoms with Gasteiger partial charge in [0.05, 0.1) is 0 Å². The fourth-order valence-electron chi connectivity index (χ4n) is 10.2. The average Bonchev–Trinajstić information content (AvgIpc) is 2.81. The predicted molar refractivity (Wildman–Crippen MR) is 152 cm³/mol. The van der Waals surface area contributed by atoms with E-state index in [4.69, 9.17) is 0 Å². The van der Waals surface area contributed by atoms with E-state index in [0.717, 1.165) is 5.92 Å².